The molecule has 3 aromatic rings. The summed E-state index contributed by atoms with van der Waals surface area (Å²) < 4.78 is 33.9. The Bertz CT molecular complexity index is 1060. The van der Waals surface area contributed by atoms with Crippen LogP contribution in [0, 0.1) is 20.8 Å². The maximum atomic E-state index is 13.2. The van der Waals surface area contributed by atoms with E-state index in [0.29, 0.717) is 42.6 Å². The minimum absolute atomic E-state index is 0.0894. The molecule has 0 amide bonds. The smallest absolute Gasteiger partial charge is 0.248 e. The fourth-order valence-electron chi connectivity index (χ4n) is 3.95. The number of rotatable bonds is 4. The molecule has 8 heteroatoms. The molecule has 6 nitrogen and oxygen atoms in total. The van der Waals surface area contributed by atoms with Crippen molar-refractivity contribution in [2.75, 3.05) is 13.1 Å². The summed E-state index contributed by atoms with van der Waals surface area (Å²) in [5.74, 6) is 1.21. The summed E-state index contributed by atoms with van der Waals surface area (Å²) >= 11 is 1.58. The topological polar surface area (TPSA) is 76.3 Å². The molecule has 0 unspecified atom stereocenters. The number of hydrogen-bond donors (Lipinski definition) is 0. The van der Waals surface area contributed by atoms with Crippen LogP contribution in [0.4, 0.5) is 0 Å². The van der Waals surface area contributed by atoms with E-state index in [0.717, 1.165) is 22.3 Å². The molecule has 148 valence electrons. The van der Waals surface area contributed by atoms with Crippen molar-refractivity contribution >= 4 is 21.4 Å². The second-order valence-corrected chi connectivity index (χ2v) is 10.0. The van der Waals surface area contributed by atoms with Crippen molar-refractivity contribution in [2.45, 2.75) is 44.4 Å². The van der Waals surface area contributed by atoms with Crippen molar-refractivity contribution in [3.8, 4) is 11.5 Å². The summed E-state index contributed by atoms with van der Waals surface area (Å²) in [7, 11) is -3.51. The number of piperidine rings is 1. The Kier molecular flexibility index (Phi) is 5.11. The van der Waals surface area contributed by atoms with Crippen LogP contribution in [0.1, 0.15) is 41.3 Å². The van der Waals surface area contributed by atoms with Gasteiger partial charge in [-0.1, -0.05) is 17.7 Å². The molecule has 1 saturated heterocycles. The lowest BCUT2D eigenvalue weighted by atomic mass is 9.98. The first-order valence-corrected chi connectivity index (χ1v) is 11.7. The van der Waals surface area contributed by atoms with Gasteiger partial charge in [0.25, 0.3) is 0 Å². The Morgan fingerprint density at radius 2 is 1.79 bits per heavy atom. The first-order chi connectivity index (χ1) is 13.4. The van der Waals surface area contributed by atoms with E-state index >= 15 is 0 Å². The molecule has 28 heavy (non-hydrogen) atoms. The number of nitrogens with zero attached hydrogens (tertiary/aromatic N) is 3. The van der Waals surface area contributed by atoms with Gasteiger partial charge in [0, 0.05) is 30.0 Å². The van der Waals surface area contributed by atoms with Crippen molar-refractivity contribution in [3.05, 3.63) is 51.5 Å². The second-order valence-electron chi connectivity index (χ2n) is 7.36. The maximum Gasteiger partial charge on any atom is 0.248 e. The maximum absolute atomic E-state index is 13.2. The second kappa shape index (κ2) is 7.42. The highest BCUT2D eigenvalue weighted by Crippen LogP contribution is 2.33. The zero-order chi connectivity index (χ0) is 19.9. The van der Waals surface area contributed by atoms with Crippen molar-refractivity contribution in [1.29, 1.82) is 0 Å². The summed E-state index contributed by atoms with van der Waals surface area (Å²) in [4.78, 5) is 0.439. The van der Waals surface area contributed by atoms with Gasteiger partial charge in [-0.25, -0.2) is 8.42 Å². The quantitative estimate of drug-likeness (QED) is 0.633. The Morgan fingerprint density at radius 1 is 1.11 bits per heavy atom. The van der Waals surface area contributed by atoms with E-state index < -0.39 is 10.0 Å². The van der Waals surface area contributed by atoms with Gasteiger partial charge in [0.05, 0.1) is 4.90 Å². The Hall–Kier alpha value is -2.03. The molecule has 0 atom stereocenters. The molecule has 1 fully saturated rings. The van der Waals surface area contributed by atoms with E-state index in [-0.39, 0.29) is 5.92 Å². The summed E-state index contributed by atoms with van der Waals surface area (Å²) in [5.41, 5.74) is 3.61. The van der Waals surface area contributed by atoms with E-state index in [1.165, 1.54) is 0 Å². The molecular formula is C20H23N3O3S2. The van der Waals surface area contributed by atoms with Crippen molar-refractivity contribution in [3.63, 3.8) is 0 Å². The zero-order valence-corrected chi connectivity index (χ0v) is 17.8. The molecule has 0 spiro atoms. The minimum atomic E-state index is -3.51. The highest BCUT2D eigenvalue weighted by atomic mass is 32.2. The molecular weight excluding hydrogens is 394 g/mol. The highest BCUT2D eigenvalue weighted by Gasteiger charge is 2.33. The van der Waals surface area contributed by atoms with Gasteiger partial charge in [0.1, 0.15) is 0 Å². The summed E-state index contributed by atoms with van der Waals surface area (Å²) in [6, 6.07) is 5.80. The Morgan fingerprint density at radius 3 is 2.39 bits per heavy atom. The lowest BCUT2D eigenvalue weighted by Gasteiger charge is -2.30. The Labute approximate surface area is 169 Å². The monoisotopic (exact) mass is 417 g/mol. The third-order valence-electron chi connectivity index (χ3n) is 5.21. The molecule has 4 rings (SSSR count). The van der Waals surface area contributed by atoms with Gasteiger partial charge < -0.3 is 4.42 Å². The van der Waals surface area contributed by atoms with Crippen LogP contribution < -0.4 is 0 Å². The van der Waals surface area contributed by atoms with Crippen LogP contribution in [0.25, 0.3) is 11.5 Å². The summed E-state index contributed by atoms with van der Waals surface area (Å²) in [6.45, 7) is 6.62. The van der Waals surface area contributed by atoms with Gasteiger partial charge in [-0.2, -0.15) is 15.6 Å². The van der Waals surface area contributed by atoms with Crippen LogP contribution in [-0.2, 0) is 10.0 Å². The molecule has 1 aliphatic heterocycles. The third-order valence-corrected chi connectivity index (χ3v) is 8.10. The van der Waals surface area contributed by atoms with Crippen LogP contribution in [0.5, 0.6) is 0 Å². The van der Waals surface area contributed by atoms with Gasteiger partial charge >= 0.3 is 0 Å². The van der Waals surface area contributed by atoms with Crippen LogP contribution in [-0.4, -0.2) is 36.0 Å². The fraction of sp³-hybridized carbons (Fsp3) is 0.400. The minimum Gasteiger partial charge on any atom is -0.420 e. The molecule has 0 aliphatic carbocycles. The van der Waals surface area contributed by atoms with E-state index in [4.69, 9.17) is 4.42 Å². The van der Waals surface area contributed by atoms with Crippen molar-refractivity contribution in [1.82, 2.24) is 14.5 Å². The molecule has 0 bridgehead atoms. The van der Waals surface area contributed by atoms with Gasteiger partial charge in [-0.3, -0.25) is 0 Å². The molecule has 1 aliphatic rings. The van der Waals surface area contributed by atoms with Crippen LogP contribution in [0.2, 0.25) is 0 Å². The lowest BCUT2D eigenvalue weighted by Crippen LogP contribution is -2.38. The number of thiophene rings is 1. The van der Waals surface area contributed by atoms with Crippen LogP contribution >= 0.6 is 11.3 Å². The number of aromatic nitrogens is 2. The molecule has 2 aromatic heterocycles. The summed E-state index contributed by atoms with van der Waals surface area (Å²) in [6.07, 6.45) is 1.35. The normalized spacial score (nSPS) is 16.5. The predicted octanol–water partition coefficient (Wildman–Crippen LogP) is 4.29. The summed E-state index contributed by atoms with van der Waals surface area (Å²) in [5, 5.41) is 12.3. The van der Waals surface area contributed by atoms with Gasteiger partial charge in [-0.05, 0) is 56.2 Å². The predicted molar refractivity (Wildman–Crippen MR) is 109 cm³/mol. The fourth-order valence-corrected chi connectivity index (χ4v) is 6.46. The van der Waals surface area contributed by atoms with E-state index in [2.05, 4.69) is 10.2 Å². The first-order valence-electron chi connectivity index (χ1n) is 9.30. The van der Waals surface area contributed by atoms with E-state index in [9.17, 15) is 8.42 Å². The SMILES string of the molecule is Cc1cc(C)c(S(=O)(=O)N2CCC(c3nnc(-c4ccsc4)o3)CC2)c(C)c1. The Balaban J connectivity index is 1.50. The number of benzene rings is 1. The molecule has 0 saturated carbocycles. The average molecular weight is 418 g/mol. The van der Waals surface area contributed by atoms with E-state index in [1.807, 2.05) is 49.7 Å². The number of hydrogen-bond acceptors (Lipinski definition) is 6. The van der Waals surface area contributed by atoms with Crippen molar-refractivity contribution in [2.24, 2.45) is 0 Å². The van der Waals surface area contributed by atoms with Crippen LogP contribution in [0.15, 0.2) is 38.3 Å². The number of sulfonamides is 1. The van der Waals surface area contributed by atoms with Gasteiger partial charge in [0.15, 0.2) is 0 Å². The van der Waals surface area contributed by atoms with Crippen LogP contribution in [0.3, 0.4) is 0 Å². The molecule has 1 aromatic carbocycles. The van der Waals surface area contributed by atoms with Crippen molar-refractivity contribution < 1.29 is 12.8 Å². The van der Waals surface area contributed by atoms with Gasteiger partial charge in [-0.15, -0.1) is 10.2 Å². The first kappa shape index (κ1) is 19.3. The standard InChI is InChI=1S/C20H23N3O3S2/c1-13-10-14(2)18(15(3)11-13)28(24,25)23-7-4-16(5-8-23)19-21-22-20(26-19)17-6-9-27-12-17/h6,9-12,16H,4-5,7-8H2,1-3H3. The highest BCUT2D eigenvalue weighted by molar-refractivity contribution is 7.89. The zero-order valence-electron chi connectivity index (χ0n) is 16.2. The molecule has 0 radical (unpaired) electrons. The molecule has 0 N–H and O–H groups in total. The largest absolute Gasteiger partial charge is 0.420 e. The van der Waals surface area contributed by atoms with Gasteiger partial charge in [0.2, 0.25) is 21.8 Å². The number of aryl methyl sites for hydroxylation is 3. The lowest BCUT2D eigenvalue weighted by molar-refractivity contribution is 0.291. The van der Waals surface area contributed by atoms with E-state index in [1.54, 1.807) is 15.6 Å². The molecule has 3 heterocycles. The average Bonchev–Trinajstić information content (AvgIpc) is 3.32. The third kappa shape index (κ3) is 3.52.